The molecule has 0 spiro atoms. The van der Waals surface area contributed by atoms with Gasteiger partial charge in [-0.1, -0.05) is 0 Å². The van der Waals surface area contributed by atoms with Crippen molar-refractivity contribution < 1.29 is 4.74 Å². The van der Waals surface area contributed by atoms with Crippen LogP contribution in [-0.2, 0) is 0 Å². The Labute approximate surface area is 94.2 Å². The molecule has 2 rings (SSSR count). The summed E-state index contributed by atoms with van der Waals surface area (Å²) in [4.78, 5) is 1.16. The van der Waals surface area contributed by atoms with Gasteiger partial charge in [-0.2, -0.15) is 5.26 Å². The molecule has 1 aliphatic rings. The number of hydrogen-bond acceptors (Lipinski definition) is 3. The molecule has 3 heteroatoms. The minimum atomic E-state index is -0.138. The molecule has 0 bridgehead atoms. The van der Waals surface area contributed by atoms with Gasteiger partial charge < -0.3 is 4.74 Å². The Morgan fingerprint density at radius 3 is 2.67 bits per heavy atom. The molecule has 2 nitrogen and oxygen atoms in total. The highest BCUT2D eigenvalue weighted by molar-refractivity contribution is 8.01. The summed E-state index contributed by atoms with van der Waals surface area (Å²) in [5, 5.41) is 8.99. The van der Waals surface area contributed by atoms with Crippen LogP contribution >= 0.6 is 11.8 Å². The van der Waals surface area contributed by atoms with E-state index in [4.69, 9.17) is 10.00 Å². The van der Waals surface area contributed by atoms with Gasteiger partial charge in [0, 0.05) is 4.90 Å². The molecule has 0 aromatic heterocycles. The third-order valence-electron chi connectivity index (χ3n) is 2.59. The Bertz CT molecular complexity index is 418. The highest BCUT2D eigenvalue weighted by Gasteiger charge is 2.44. The summed E-state index contributed by atoms with van der Waals surface area (Å²) in [7, 11) is 1.67. The SMILES string of the molecule is COc1ccc(SC2(C#N)CC2)cc1C. The van der Waals surface area contributed by atoms with Gasteiger partial charge in [0.2, 0.25) is 0 Å². The van der Waals surface area contributed by atoms with Crippen LogP contribution in [0.2, 0.25) is 0 Å². The number of hydrogen-bond donors (Lipinski definition) is 0. The zero-order valence-corrected chi connectivity index (χ0v) is 9.73. The highest BCUT2D eigenvalue weighted by atomic mass is 32.2. The number of methoxy groups -OCH3 is 1. The zero-order chi connectivity index (χ0) is 10.9. The third-order valence-corrected chi connectivity index (χ3v) is 3.97. The van der Waals surface area contributed by atoms with Gasteiger partial charge in [-0.15, -0.1) is 11.8 Å². The Morgan fingerprint density at radius 2 is 2.20 bits per heavy atom. The largest absolute Gasteiger partial charge is 0.496 e. The standard InChI is InChI=1S/C12H13NOS/c1-9-7-10(3-4-11(9)14-2)15-12(8-13)5-6-12/h3-4,7H,5-6H2,1-2H3. The van der Waals surface area contributed by atoms with Crippen molar-refractivity contribution in [2.75, 3.05) is 7.11 Å². The first-order valence-corrected chi connectivity index (χ1v) is 5.76. The van der Waals surface area contributed by atoms with Crippen LogP contribution in [0.25, 0.3) is 0 Å². The second-order valence-corrected chi connectivity index (χ2v) is 5.30. The van der Waals surface area contributed by atoms with E-state index in [0.717, 1.165) is 29.1 Å². The molecule has 0 aliphatic heterocycles. The molecule has 0 radical (unpaired) electrons. The van der Waals surface area contributed by atoms with E-state index in [1.54, 1.807) is 18.9 Å². The number of benzene rings is 1. The van der Waals surface area contributed by atoms with Crippen molar-refractivity contribution in [1.82, 2.24) is 0 Å². The summed E-state index contributed by atoms with van der Waals surface area (Å²) in [5.41, 5.74) is 1.12. The maximum absolute atomic E-state index is 8.99. The second-order valence-electron chi connectivity index (χ2n) is 3.84. The lowest BCUT2D eigenvalue weighted by Crippen LogP contribution is -1.96. The lowest BCUT2D eigenvalue weighted by Gasteiger charge is -2.09. The molecule has 15 heavy (non-hydrogen) atoms. The van der Waals surface area contributed by atoms with E-state index in [2.05, 4.69) is 12.1 Å². The van der Waals surface area contributed by atoms with Crippen molar-refractivity contribution in [3.8, 4) is 11.8 Å². The monoisotopic (exact) mass is 219 g/mol. The Kier molecular flexibility index (Phi) is 2.62. The number of rotatable bonds is 3. The van der Waals surface area contributed by atoms with Crippen LogP contribution in [-0.4, -0.2) is 11.9 Å². The Hall–Kier alpha value is -1.14. The predicted molar refractivity (Wildman–Crippen MR) is 61.2 cm³/mol. The van der Waals surface area contributed by atoms with Gasteiger partial charge in [-0.3, -0.25) is 0 Å². The van der Waals surface area contributed by atoms with Crippen molar-refractivity contribution in [1.29, 1.82) is 5.26 Å². The van der Waals surface area contributed by atoms with Crippen LogP contribution < -0.4 is 4.74 Å². The van der Waals surface area contributed by atoms with Crippen molar-refractivity contribution in [2.45, 2.75) is 29.4 Å². The maximum atomic E-state index is 8.99. The van der Waals surface area contributed by atoms with Crippen LogP contribution in [0.5, 0.6) is 5.75 Å². The smallest absolute Gasteiger partial charge is 0.121 e. The Morgan fingerprint density at radius 1 is 1.47 bits per heavy atom. The minimum absolute atomic E-state index is 0.138. The molecule has 1 aliphatic carbocycles. The molecule has 0 N–H and O–H groups in total. The van der Waals surface area contributed by atoms with E-state index >= 15 is 0 Å². The van der Waals surface area contributed by atoms with Gasteiger partial charge in [0.15, 0.2) is 0 Å². The molecule has 78 valence electrons. The van der Waals surface area contributed by atoms with Crippen LogP contribution in [0.4, 0.5) is 0 Å². The first-order valence-electron chi connectivity index (χ1n) is 4.94. The summed E-state index contributed by atoms with van der Waals surface area (Å²) in [6, 6.07) is 8.45. The molecule has 1 aromatic rings. The molecular formula is C12H13NOS. The number of nitriles is 1. The van der Waals surface area contributed by atoms with Crippen molar-refractivity contribution in [3.05, 3.63) is 23.8 Å². The molecular weight excluding hydrogens is 206 g/mol. The van der Waals surface area contributed by atoms with Gasteiger partial charge in [0.05, 0.1) is 13.2 Å². The van der Waals surface area contributed by atoms with E-state index in [9.17, 15) is 0 Å². The van der Waals surface area contributed by atoms with Crippen LogP contribution in [0, 0.1) is 18.3 Å². The summed E-state index contributed by atoms with van der Waals surface area (Å²) in [6.07, 6.45) is 2.03. The van der Waals surface area contributed by atoms with E-state index in [1.807, 2.05) is 19.1 Å². The minimum Gasteiger partial charge on any atom is -0.496 e. The topological polar surface area (TPSA) is 33.0 Å². The Balaban J connectivity index is 2.17. The van der Waals surface area contributed by atoms with Crippen molar-refractivity contribution in [3.63, 3.8) is 0 Å². The maximum Gasteiger partial charge on any atom is 0.121 e. The molecule has 1 fully saturated rings. The molecule has 0 heterocycles. The summed E-state index contributed by atoms with van der Waals surface area (Å²) < 4.78 is 5.06. The average molecular weight is 219 g/mol. The fourth-order valence-electron chi connectivity index (χ4n) is 1.49. The third kappa shape index (κ3) is 2.10. The molecule has 1 saturated carbocycles. The summed E-state index contributed by atoms with van der Waals surface area (Å²) >= 11 is 1.67. The van der Waals surface area contributed by atoms with Crippen molar-refractivity contribution >= 4 is 11.8 Å². The van der Waals surface area contributed by atoms with Crippen LogP contribution in [0.1, 0.15) is 18.4 Å². The normalized spacial score (nSPS) is 16.9. The van der Waals surface area contributed by atoms with Gasteiger partial charge >= 0.3 is 0 Å². The van der Waals surface area contributed by atoms with Crippen LogP contribution in [0.3, 0.4) is 0 Å². The molecule has 1 aromatic carbocycles. The van der Waals surface area contributed by atoms with E-state index in [1.165, 1.54) is 0 Å². The van der Waals surface area contributed by atoms with E-state index in [0.29, 0.717) is 0 Å². The zero-order valence-electron chi connectivity index (χ0n) is 8.91. The number of ether oxygens (including phenoxy) is 1. The molecule has 0 unspecified atom stereocenters. The lowest BCUT2D eigenvalue weighted by molar-refractivity contribution is 0.411. The highest BCUT2D eigenvalue weighted by Crippen LogP contribution is 2.51. The summed E-state index contributed by atoms with van der Waals surface area (Å²) in [6.45, 7) is 2.02. The molecule has 0 saturated heterocycles. The van der Waals surface area contributed by atoms with Gasteiger partial charge in [-0.25, -0.2) is 0 Å². The van der Waals surface area contributed by atoms with E-state index < -0.39 is 0 Å². The van der Waals surface area contributed by atoms with Crippen LogP contribution in [0.15, 0.2) is 23.1 Å². The van der Waals surface area contributed by atoms with Gasteiger partial charge in [0.25, 0.3) is 0 Å². The predicted octanol–water partition coefficient (Wildman–Crippen LogP) is 3.15. The van der Waals surface area contributed by atoms with Gasteiger partial charge in [0.1, 0.15) is 10.5 Å². The fraction of sp³-hybridized carbons (Fsp3) is 0.417. The van der Waals surface area contributed by atoms with E-state index in [-0.39, 0.29) is 4.75 Å². The number of aryl methyl sites for hydroxylation is 1. The van der Waals surface area contributed by atoms with Crippen molar-refractivity contribution in [2.24, 2.45) is 0 Å². The summed E-state index contributed by atoms with van der Waals surface area (Å²) in [5.74, 6) is 0.904. The fourth-order valence-corrected chi connectivity index (χ4v) is 2.67. The molecule has 0 amide bonds. The number of thioether (sulfide) groups is 1. The second kappa shape index (κ2) is 3.79. The first-order chi connectivity index (χ1) is 7.19. The first kappa shape index (κ1) is 10.4. The number of nitrogens with zero attached hydrogens (tertiary/aromatic N) is 1. The average Bonchev–Trinajstić information content (AvgIpc) is 2.99. The molecule has 0 atom stereocenters. The van der Waals surface area contributed by atoms with Gasteiger partial charge in [-0.05, 0) is 43.5 Å². The lowest BCUT2D eigenvalue weighted by atomic mass is 10.2. The quantitative estimate of drug-likeness (QED) is 0.783.